The Morgan fingerprint density at radius 1 is 1.30 bits per heavy atom. The minimum absolute atomic E-state index is 0.102. The van der Waals surface area contributed by atoms with E-state index in [1.165, 1.54) is 0 Å². The van der Waals surface area contributed by atoms with Crippen LogP contribution in [0.25, 0.3) is 0 Å². The molecule has 0 radical (unpaired) electrons. The average molecular weight is 314 g/mol. The van der Waals surface area contributed by atoms with E-state index in [4.69, 9.17) is 4.74 Å². The van der Waals surface area contributed by atoms with Crippen molar-refractivity contribution in [2.75, 3.05) is 13.2 Å². The first kappa shape index (κ1) is 17.3. The monoisotopic (exact) mass is 314 g/mol. The minimum atomic E-state index is -0.783. The molecule has 23 heavy (non-hydrogen) atoms. The zero-order valence-electron chi connectivity index (χ0n) is 14.1. The molecule has 0 spiro atoms. The van der Waals surface area contributed by atoms with Gasteiger partial charge in [0.15, 0.2) is 0 Å². The highest BCUT2D eigenvalue weighted by atomic mass is 16.5. The van der Waals surface area contributed by atoms with E-state index in [0.29, 0.717) is 31.9 Å². The molecule has 124 valence electrons. The van der Waals surface area contributed by atoms with Crippen molar-refractivity contribution in [1.82, 2.24) is 5.32 Å². The molecule has 0 aromatic heterocycles. The van der Waals surface area contributed by atoms with Gasteiger partial charge in [0.25, 0.3) is 0 Å². The lowest BCUT2D eigenvalue weighted by Crippen LogP contribution is -2.39. The van der Waals surface area contributed by atoms with Gasteiger partial charge in [0.2, 0.25) is 5.91 Å². The van der Waals surface area contributed by atoms with Crippen molar-refractivity contribution in [3.63, 3.8) is 0 Å². The molecule has 1 aromatic rings. The van der Waals surface area contributed by atoms with E-state index in [1.807, 2.05) is 24.3 Å². The number of hydrogen-bond acceptors (Lipinski definition) is 3. The van der Waals surface area contributed by atoms with Crippen LogP contribution in [0.15, 0.2) is 24.3 Å². The van der Waals surface area contributed by atoms with Crippen LogP contribution < -0.4 is 10.1 Å². The van der Waals surface area contributed by atoms with E-state index in [-0.39, 0.29) is 5.91 Å². The topological polar surface area (TPSA) is 62.1 Å². The molecule has 2 rings (SSSR count). The number of nitriles is 1. The van der Waals surface area contributed by atoms with Gasteiger partial charge in [-0.15, -0.1) is 0 Å². The number of amides is 1. The summed E-state index contributed by atoms with van der Waals surface area (Å²) < 4.78 is 5.65. The molecule has 1 aliphatic rings. The number of benzene rings is 1. The normalized spacial score (nSPS) is 16.1. The standard InChI is InChI=1S/C19H26N2O2/c1-15(2)13-23-17-7-5-16(6-8-17)9-12-21-18(22)19(14-20)10-3-4-11-19/h5-8,15H,3-4,9-13H2,1-2H3,(H,21,22). The van der Waals surface area contributed by atoms with Gasteiger partial charge in [-0.3, -0.25) is 4.79 Å². The molecule has 0 aliphatic heterocycles. The van der Waals surface area contributed by atoms with Gasteiger partial charge in [0.1, 0.15) is 11.2 Å². The number of ether oxygens (including phenoxy) is 1. The van der Waals surface area contributed by atoms with Crippen molar-refractivity contribution in [2.24, 2.45) is 11.3 Å². The van der Waals surface area contributed by atoms with Crippen molar-refractivity contribution >= 4 is 5.91 Å². The third-order valence-corrected chi connectivity index (χ3v) is 4.31. The first-order valence-corrected chi connectivity index (χ1v) is 8.47. The summed E-state index contributed by atoms with van der Waals surface area (Å²) >= 11 is 0. The average Bonchev–Trinajstić information content (AvgIpc) is 3.04. The summed E-state index contributed by atoms with van der Waals surface area (Å²) in [6.45, 7) is 5.52. The van der Waals surface area contributed by atoms with Crippen LogP contribution in [0.4, 0.5) is 0 Å². The number of nitrogens with one attached hydrogen (secondary N) is 1. The lowest BCUT2D eigenvalue weighted by molar-refractivity contribution is -0.127. The molecule has 1 N–H and O–H groups in total. The fourth-order valence-electron chi connectivity index (χ4n) is 2.87. The number of nitrogens with zero attached hydrogens (tertiary/aromatic N) is 1. The van der Waals surface area contributed by atoms with Crippen molar-refractivity contribution in [1.29, 1.82) is 5.26 Å². The van der Waals surface area contributed by atoms with E-state index in [2.05, 4.69) is 25.2 Å². The zero-order chi connectivity index (χ0) is 16.7. The Morgan fingerprint density at radius 3 is 2.52 bits per heavy atom. The van der Waals surface area contributed by atoms with Crippen molar-refractivity contribution in [2.45, 2.75) is 46.0 Å². The van der Waals surface area contributed by atoms with Crippen LogP contribution in [0.5, 0.6) is 5.75 Å². The fourth-order valence-corrected chi connectivity index (χ4v) is 2.87. The lowest BCUT2D eigenvalue weighted by Gasteiger charge is -2.19. The van der Waals surface area contributed by atoms with Gasteiger partial charge >= 0.3 is 0 Å². The first-order chi connectivity index (χ1) is 11.1. The Labute approximate surface area is 138 Å². The van der Waals surface area contributed by atoms with E-state index < -0.39 is 5.41 Å². The Morgan fingerprint density at radius 2 is 1.96 bits per heavy atom. The number of hydrogen-bond donors (Lipinski definition) is 1. The van der Waals surface area contributed by atoms with Crippen LogP contribution in [0.3, 0.4) is 0 Å². The second kappa shape index (κ2) is 8.01. The van der Waals surface area contributed by atoms with E-state index in [1.54, 1.807) is 0 Å². The van der Waals surface area contributed by atoms with Crippen LogP contribution in [0, 0.1) is 22.7 Å². The Kier molecular flexibility index (Phi) is 6.04. The number of carbonyl (C=O) groups excluding carboxylic acids is 1. The molecule has 1 saturated carbocycles. The van der Waals surface area contributed by atoms with Gasteiger partial charge < -0.3 is 10.1 Å². The molecular formula is C19H26N2O2. The van der Waals surface area contributed by atoms with Gasteiger partial charge in [-0.1, -0.05) is 38.8 Å². The Hall–Kier alpha value is -2.02. The molecule has 0 bridgehead atoms. The largest absolute Gasteiger partial charge is 0.493 e. The summed E-state index contributed by atoms with van der Waals surface area (Å²) in [5, 5.41) is 12.2. The van der Waals surface area contributed by atoms with Crippen LogP contribution in [-0.2, 0) is 11.2 Å². The van der Waals surface area contributed by atoms with Crippen LogP contribution in [-0.4, -0.2) is 19.1 Å². The van der Waals surface area contributed by atoms with Crippen molar-refractivity contribution in [3.05, 3.63) is 29.8 Å². The predicted octanol–water partition coefficient (Wildman–Crippen LogP) is 3.46. The molecule has 1 amide bonds. The molecule has 0 atom stereocenters. The summed E-state index contributed by atoms with van der Waals surface area (Å²) in [6.07, 6.45) is 4.09. The molecule has 1 aromatic carbocycles. The van der Waals surface area contributed by atoms with Gasteiger partial charge in [-0.05, 0) is 42.9 Å². The number of carbonyl (C=O) groups is 1. The highest BCUT2D eigenvalue weighted by Crippen LogP contribution is 2.37. The smallest absolute Gasteiger partial charge is 0.240 e. The van der Waals surface area contributed by atoms with Crippen molar-refractivity contribution in [3.8, 4) is 11.8 Å². The molecule has 0 saturated heterocycles. The molecule has 0 unspecified atom stereocenters. The SMILES string of the molecule is CC(C)COc1ccc(CCNC(=O)C2(C#N)CCCC2)cc1. The highest BCUT2D eigenvalue weighted by Gasteiger charge is 2.41. The summed E-state index contributed by atoms with van der Waals surface area (Å²) in [5.74, 6) is 1.28. The van der Waals surface area contributed by atoms with E-state index in [9.17, 15) is 10.1 Å². The molecule has 0 heterocycles. The third kappa shape index (κ3) is 4.72. The van der Waals surface area contributed by atoms with Gasteiger partial charge in [0, 0.05) is 6.54 Å². The van der Waals surface area contributed by atoms with E-state index in [0.717, 1.165) is 30.6 Å². The zero-order valence-corrected chi connectivity index (χ0v) is 14.1. The molecule has 1 aliphatic carbocycles. The van der Waals surface area contributed by atoms with Crippen molar-refractivity contribution < 1.29 is 9.53 Å². The van der Waals surface area contributed by atoms with Gasteiger partial charge in [-0.2, -0.15) is 5.26 Å². The summed E-state index contributed by atoms with van der Waals surface area (Å²) in [4.78, 5) is 12.2. The summed E-state index contributed by atoms with van der Waals surface area (Å²) in [5.41, 5.74) is 0.369. The molecule has 4 heteroatoms. The first-order valence-electron chi connectivity index (χ1n) is 8.47. The number of rotatable bonds is 7. The van der Waals surface area contributed by atoms with Gasteiger partial charge in [0.05, 0.1) is 12.7 Å². The maximum atomic E-state index is 12.2. The molecular weight excluding hydrogens is 288 g/mol. The molecule has 1 fully saturated rings. The van der Waals surface area contributed by atoms with Crippen LogP contribution >= 0.6 is 0 Å². The molecule has 4 nitrogen and oxygen atoms in total. The third-order valence-electron chi connectivity index (χ3n) is 4.31. The van der Waals surface area contributed by atoms with E-state index >= 15 is 0 Å². The summed E-state index contributed by atoms with van der Waals surface area (Å²) in [7, 11) is 0. The lowest BCUT2D eigenvalue weighted by atomic mass is 9.87. The Balaban J connectivity index is 1.78. The second-order valence-corrected chi connectivity index (χ2v) is 6.76. The summed E-state index contributed by atoms with van der Waals surface area (Å²) in [6, 6.07) is 10.2. The quantitative estimate of drug-likeness (QED) is 0.838. The predicted molar refractivity (Wildman–Crippen MR) is 90.0 cm³/mol. The maximum absolute atomic E-state index is 12.2. The van der Waals surface area contributed by atoms with Crippen LogP contribution in [0.1, 0.15) is 45.1 Å². The maximum Gasteiger partial charge on any atom is 0.240 e. The Bertz CT molecular complexity index is 552. The second-order valence-electron chi connectivity index (χ2n) is 6.76. The minimum Gasteiger partial charge on any atom is -0.493 e. The fraction of sp³-hybridized carbons (Fsp3) is 0.579. The van der Waals surface area contributed by atoms with Gasteiger partial charge in [-0.25, -0.2) is 0 Å². The van der Waals surface area contributed by atoms with Crippen LogP contribution in [0.2, 0.25) is 0 Å². The highest BCUT2D eigenvalue weighted by molar-refractivity contribution is 5.85.